The van der Waals surface area contributed by atoms with Crippen molar-refractivity contribution in [2.45, 2.75) is 43.5 Å². The summed E-state index contributed by atoms with van der Waals surface area (Å²) in [7, 11) is -3.89. The van der Waals surface area contributed by atoms with Gasteiger partial charge in [-0.25, -0.2) is 13.1 Å². The van der Waals surface area contributed by atoms with Gasteiger partial charge in [-0.2, -0.15) is 5.26 Å². The van der Waals surface area contributed by atoms with Gasteiger partial charge in [-0.05, 0) is 38.3 Å². The smallest absolute Gasteiger partial charge is 0.242 e. The Balaban J connectivity index is 1.73. The maximum atomic E-state index is 12.2. The molecule has 0 saturated carbocycles. The van der Waals surface area contributed by atoms with Crippen LogP contribution in [0.3, 0.4) is 0 Å². The molecule has 0 radical (unpaired) electrons. The van der Waals surface area contributed by atoms with Crippen LogP contribution in [0.1, 0.15) is 38.2 Å². The van der Waals surface area contributed by atoms with E-state index in [0.29, 0.717) is 12.6 Å². The number of likely N-dealkylation sites (tertiary alicyclic amines) is 1. The van der Waals surface area contributed by atoms with Gasteiger partial charge in [-0.15, -0.1) is 0 Å². The first-order chi connectivity index (χ1) is 12.4. The molecule has 1 aliphatic rings. The van der Waals surface area contributed by atoms with E-state index in [4.69, 9.17) is 5.26 Å². The van der Waals surface area contributed by atoms with Gasteiger partial charge < -0.3 is 10.2 Å². The average Bonchev–Trinajstić information content (AvgIpc) is 2.65. The quantitative estimate of drug-likeness (QED) is 0.544. The minimum atomic E-state index is -3.89. The molecule has 2 rings (SSSR count). The number of carbonyl (C=O) groups excluding carboxylic acids is 1. The van der Waals surface area contributed by atoms with Crippen LogP contribution < -0.4 is 14.9 Å². The van der Waals surface area contributed by atoms with Crippen molar-refractivity contribution in [2.24, 2.45) is 0 Å². The van der Waals surface area contributed by atoms with E-state index in [1.165, 1.54) is 37.9 Å². The van der Waals surface area contributed by atoms with E-state index in [1.807, 2.05) is 6.07 Å². The van der Waals surface area contributed by atoms with Crippen LogP contribution in [-0.4, -0.2) is 46.5 Å². The normalized spacial score (nSPS) is 20.3. The van der Waals surface area contributed by atoms with Crippen molar-refractivity contribution in [3.63, 3.8) is 0 Å². The third-order valence-electron chi connectivity index (χ3n) is 4.80. The van der Waals surface area contributed by atoms with Gasteiger partial charge in [0.15, 0.2) is 0 Å². The molecule has 0 bridgehead atoms. The van der Waals surface area contributed by atoms with Crippen molar-refractivity contribution < 1.29 is 18.1 Å². The van der Waals surface area contributed by atoms with Crippen molar-refractivity contribution >= 4 is 15.9 Å². The molecule has 0 spiro atoms. The third kappa shape index (κ3) is 5.80. The minimum absolute atomic E-state index is 0.0547. The molecule has 1 saturated heterocycles. The van der Waals surface area contributed by atoms with Crippen molar-refractivity contribution in [3.05, 3.63) is 29.8 Å². The fourth-order valence-electron chi connectivity index (χ4n) is 3.26. The number of rotatable bonds is 8. The van der Waals surface area contributed by atoms with E-state index in [0.717, 1.165) is 13.0 Å². The number of nitriles is 1. The van der Waals surface area contributed by atoms with Crippen molar-refractivity contribution in [3.8, 4) is 6.07 Å². The van der Waals surface area contributed by atoms with Gasteiger partial charge in [0, 0.05) is 13.0 Å². The molecule has 0 aromatic heterocycles. The molecule has 0 aliphatic carbocycles. The first-order valence-corrected chi connectivity index (χ1v) is 10.5. The van der Waals surface area contributed by atoms with Gasteiger partial charge in [0.05, 0.1) is 36.1 Å². The lowest BCUT2D eigenvalue weighted by Crippen LogP contribution is -3.16. The first kappa shape index (κ1) is 20.4. The van der Waals surface area contributed by atoms with Crippen LogP contribution in [0.4, 0.5) is 0 Å². The maximum absolute atomic E-state index is 12.2. The highest BCUT2D eigenvalue weighted by atomic mass is 32.2. The first-order valence-electron chi connectivity index (χ1n) is 9.04. The SMILES string of the molecule is C[C@H]1CCCC[NH+]1CCCNC(=O)CNS(=O)(=O)c1ccccc1C#N. The molecule has 7 nitrogen and oxygen atoms in total. The molecule has 1 aliphatic heterocycles. The van der Waals surface area contributed by atoms with Crippen molar-refractivity contribution in [1.82, 2.24) is 10.0 Å². The average molecular weight is 380 g/mol. The van der Waals surface area contributed by atoms with Gasteiger partial charge >= 0.3 is 0 Å². The summed E-state index contributed by atoms with van der Waals surface area (Å²) in [6.07, 6.45) is 4.69. The number of quaternary nitrogens is 1. The highest BCUT2D eigenvalue weighted by molar-refractivity contribution is 7.89. The molecule has 1 aromatic rings. The molecule has 142 valence electrons. The summed E-state index contributed by atoms with van der Waals surface area (Å²) in [5.41, 5.74) is 0.0547. The van der Waals surface area contributed by atoms with Crippen LogP contribution in [0.5, 0.6) is 0 Å². The Morgan fingerprint density at radius 3 is 2.85 bits per heavy atom. The summed E-state index contributed by atoms with van der Waals surface area (Å²) in [6, 6.07) is 8.43. The topological polar surface area (TPSA) is 104 Å². The molecular weight excluding hydrogens is 352 g/mol. The Hall–Kier alpha value is -1.95. The van der Waals surface area contributed by atoms with Crippen LogP contribution >= 0.6 is 0 Å². The lowest BCUT2D eigenvalue weighted by molar-refractivity contribution is -0.928. The Kier molecular flexibility index (Phi) is 7.57. The number of hydrogen-bond donors (Lipinski definition) is 3. The minimum Gasteiger partial charge on any atom is -0.355 e. The van der Waals surface area contributed by atoms with E-state index in [2.05, 4.69) is 17.0 Å². The monoisotopic (exact) mass is 379 g/mol. The Bertz CT molecular complexity index is 758. The Labute approximate surface area is 155 Å². The molecule has 1 fully saturated rings. The summed E-state index contributed by atoms with van der Waals surface area (Å²) < 4.78 is 26.7. The summed E-state index contributed by atoms with van der Waals surface area (Å²) >= 11 is 0. The van der Waals surface area contributed by atoms with Crippen LogP contribution in [0.25, 0.3) is 0 Å². The summed E-state index contributed by atoms with van der Waals surface area (Å²) in [5.74, 6) is -0.371. The molecule has 1 unspecified atom stereocenters. The lowest BCUT2D eigenvalue weighted by Gasteiger charge is -2.30. The molecular formula is C18H27N4O3S+. The number of sulfonamides is 1. The fraction of sp³-hybridized carbons (Fsp3) is 0.556. The van der Waals surface area contributed by atoms with Crippen LogP contribution in [0, 0.1) is 11.3 Å². The number of nitrogens with one attached hydrogen (secondary N) is 3. The van der Waals surface area contributed by atoms with E-state index >= 15 is 0 Å². The second-order valence-corrected chi connectivity index (χ2v) is 8.43. The Morgan fingerprint density at radius 1 is 1.35 bits per heavy atom. The van der Waals surface area contributed by atoms with Gasteiger partial charge in [-0.1, -0.05) is 12.1 Å². The van der Waals surface area contributed by atoms with Crippen molar-refractivity contribution in [2.75, 3.05) is 26.2 Å². The highest BCUT2D eigenvalue weighted by Crippen LogP contribution is 2.13. The zero-order valence-corrected chi connectivity index (χ0v) is 15.9. The molecule has 1 aromatic carbocycles. The molecule has 2 atom stereocenters. The van der Waals surface area contributed by atoms with Crippen LogP contribution in [0.15, 0.2) is 29.2 Å². The second kappa shape index (κ2) is 9.67. The number of hydrogen-bond acceptors (Lipinski definition) is 4. The highest BCUT2D eigenvalue weighted by Gasteiger charge is 2.21. The second-order valence-electron chi connectivity index (χ2n) is 6.69. The van der Waals surface area contributed by atoms with Gasteiger partial charge in [0.1, 0.15) is 6.07 Å². The molecule has 1 amide bonds. The standard InChI is InChI=1S/C18H26N4O3S/c1-15-7-4-5-11-22(15)12-6-10-20-18(23)14-21-26(24,25)17-9-3-2-8-16(17)13-19/h2-3,8-9,15,21H,4-7,10-12,14H2,1H3,(H,20,23)/p+1/t15-/m0/s1. The third-order valence-corrected chi connectivity index (χ3v) is 6.26. The van der Waals surface area contributed by atoms with E-state index in [1.54, 1.807) is 17.0 Å². The number of nitrogens with zero attached hydrogens (tertiary/aromatic N) is 1. The summed E-state index contributed by atoms with van der Waals surface area (Å²) in [6.45, 7) is 4.66. The predicted molar refractivity (Wildman–Crippen MR) is 98.0 cm³/mol. The van der Waals surface area contributed by atoms with E-state index in [-0.39, 0.29) is 22.9 Å². The zero-order valence-electron chi connectivity index (χ0n) is 15.1. The van der Waals surface area contributed by atoms with Crippen LogP contribution in [0.2, 0.25) is 0 Å². The lowest BCUT2D eigenvalue weighted by atomic mass is 10.0. The summed E-state index contributed by atoms with van der Waals surface area (Å²) in [4.78, 5) is 13.4. The number of carbonyl (C=O) groups is 1. The zero-order chi connectivity index (χ0) is 19.0. The van der Waals surface area contributed by atoms with Crippen LogP contribution in [-0.2, 0) is 14.8 Å². The maximum Gasteiger partial charge on any atom is 0.242 e. The fourth-order valence-corrected chi connectivity index (χ4v) is 4.40. The molecule has 8 heteroatoms. The molecule has 3 N–H and O–H groups in total. The molecule has 1 heterocycles. The van der Waals surface area contributed by atoms with E-state index in [9.17, 15) is 13.2 Å². The Morgan fingerprint density at radius 2 is 2.12 bits per heavy atom. The largest absolute Gasteiger partial charge is 0.355 e. The number of benzene rings is 1. The van der Waals surface area contributed by atoms with Crippen molar-refractivity contribution in [1.29, 1.82) is 5.26 Å². The van der Waals surface area contributed by atoms with Gasteiger partial charge in [0.2, 0.25) is 15.9 Å². The number of piperidine rings is 1. The van der Waals surface area contributed by atoms with Gasteiger partial charge in [-0.3, -0.25) is 4.79 Å². The van der Waals surface area contributed by atoms with E-state index < -0.39 is 10.0 Å². The summed E-state index contributed by atoms with van der Waals surface area (Å²) in [5, 5.41) is 11.8. The number of amides is 1. The molecule has 26 heavy (non-hydrogen) atoms. The predicted octanol–water partition coefficient (Wildman–Crippen LogP) is -0.200. The van der Waals surface area contributed by atoms with Gasteiger partial charge in [0.25, 0.3) is 0 Å².